The predicted octanol–water partition coefficient (Wildman–Crippen LogP) is -0.0350. The summed E-state index contributed by atoms with van der Waals surface area (Å²) in [6.45, 7) is 3.54. The molecule has 4 heteroatoms. The number of piperidine rings is 1. The zero-order valence-corrected chi connectivity index (χ0v) is 9.47. The Balaban J connectivity index is 2.42. The van der Waals surface area contributed by atoms with Crippen LogP contribution in [0.5, 0.6) is 0 Å². The van der Waals surface area contributed by atoms with E-state index in [4.69, 9.17) is 0 Å². The van der Waals surface area contributed by atoms with E-state index in [2.05, 4.69) is 6.92 Å². The van der Waals surface area contributed by atoms with Crippen LogP contribution < -0.4 is 0 Å². The molecule has 1 heterocycles. The number of hydrogen-bond donors (Lipinski definition) is 3. The van der Waals surface area contributed by atoms with E-state index >= 15 is 0 Å². The molecule has 0 aliphatic carbocycles. The van der Waals surface area contributed by atoms with Crippen LogP contribution in [0.25, 0.3) is 0 Å². The van der Waals surface area contributed by atoms with Gasteiger partial charge in [-0.25, -0.2) is 0 Å². The second kappa shape index (κ2) is 6.43. The van der Waals surface area contributed by atoms with Crippen LogP contribution in [0.2, 0.25) is 0 Å². The van der Waals surface area contributed by atoms with E-state index in [0.717, 1.165) is 25.8 Å². The molecule has 1 aliphatic rings. The summed E-state index contributed by atoms with van der Waals surface area (Å²) in [5.74, 6) is 0. The lowest BCUT2D eigenvalue weighted by molar-refractivity contribution is -0.0657. The highest BCUT2D eigenvalue weighted by Gasteiger charge is 2.33. The molecular weight excluding hydrogens is 194 g/mol. The largest absolute Gasteiger partial charge is 0.395 e. The normalized spacial score (nSPS) is 33.2. The Morgan fingerprint density at radius 1 is 1.27 bits per heavy atom. The van der Waals surface area contributed by atoms with Gasteiger partial charge in [0.05, 0.1) is 24.9 Å². The van der Waals surface area contributed by atoms with Gasteiger partial charge in [-0.15, -0.1) is 0 Å². The summed E-state index contributed by atoms with van der Waals surface area (Å²) in [6.07, 6.45) is 2.70. The average Bonchev–Trinajstić information content (AvgIpc) is 2.17. The van der Waals surface area contributed by atoms with Gasteiger partial charge in [0.2, 0.25) is 0 Å². The van der Waals surface area contributed by atoms with Crippen molar-refractivity contribution in [2.45, 2.75) is 50.9 Å². The quantitative estimate of drug-likeness (QED) is 0.566. The molecule has 3 atom stereocenters. The van der Waals surface area contributed by atoms with Crippen molar-refractivity contribution in [3.63, 3.8) is 0 Å². The van der Waals surface area contributed by atoms with Crippen molar-refractivity contribution in [3.05, 3.63) is 0 Å². The van der Waals surface area contributed by atoms with Gasteiger partial charge in [-0.1, -0.05) is 19.8 Å². The molecule has 90 valence electrons. The third kappa shape index (κ3) is 3.72. The fourth-order valence-electron chi connectivity index (χ4n) is 2.22. The molecule has 1 saturated heterocycles. The summed E-state index contributed by atoms with van der Waals surface area (Å²) in [7, 11) is 0. The Labute approximate surface area is 91.5 Å². The van der Waals surface area contributed by atoms with Gasteiger partial charge in [-0.3, -0.25) is 4.90 Å². The first-order chi connectivity index (χ1) is 7.19. The Morgan fingerprint density at radius 2 is 2.00 bits per heavy atom. The number of likely N-dealkylation sites (tertiary alicyclic amines) is 1. The topological polar surface area (TPSA) is 63.9 Å². The molecule has 0 radical (unpaired) electrons. The van der Waals surface area contributed by atoms with Crippen LogP contribution in [0.15, 0.2) is 0 Å². The molecule has 1 fully saturated rings. The highest BCUT2D eigenvalue weighted by molar-refractivity contribution is 4.87. The van der Waals surface area contributed by atoms with Gasteiger partial charge < -0.3 is 15.3 Å². The van der Waals surface area contributed by atoms with E-state index < -0.39 is 12.2 Å². The molecule has 1 aliphatic heterocycles. The molecular formula is C11H23NO3. The highest BCUT2D eigenvalue weighted by Crippen LogP contribution is 2.18. The Kier molecular flexibility index (Phi) is 5.53. The SMILES string of the molecule is CCCCCN1C[C@H](O)C[C@H](O)[C@@H]1CO. The molecule has 3 N–H and O–H groups in total. The van der Waals surface area contributed by atoms with Crippen molar-refractivity contribution in [1.82, 2.24) is 4.90 Å². The van der Waals surface area contributed by atoms with Gasteiger partial charge in [0.15, 0.2) is 0 Å². The van der Waals surface area contributed by atoms with E-state index in [0.29, 0.717) is 13.0 Å². The smallest absolute Gasteiger partial charge is 0.0742 e. The summed E-state index contributed by atoms with van der Waals surface area (Å²) >= 11 is 0. The fraction of sp³-hybridized carbons (Fsp3) is 1.00. The maximum Gasteiger partial charge on any atom is 0.0742 e. The highest BCUT2D eigenvalue weighted by atomic mass is 16.3. The molecule has 0 unspecified atom stereocenters. The van der Waals surface area contributed by atoms with Gasteiger partial charge in [-0.05, 0) is 13.0 Å². The van der Waals surface area contributed by atoms with Gasteiger partial charge in [0.1, 0.15) is 0 Å². The van der Waals surface area contributed by atoms with Crippen LogP contribution in [0.4, 0.5) is 0 Å². The van der Waals surface area contributed by atoms with Crippen molar-refractivity contribution in [3.8, 4) is 0 Å². The molecule has 4 nitrogen and oxygen atoms in total. The Morgan fingerprint density at radius 3 is 2.60 bits per heavy atom. The molecule has 0 spiro atoms. The van der Waals surface area contributed by atoms with Crippen LogP contribution >= 0.6 is 0 Å². The summed E-state index contributed by atoms with van der Waals surface area (Å²) in [4.78, 5) is 2.01. The van der Waals surface area contributed by atoms with E-state index in [1.807, 2.05) is 4.90 Å². The van der Waals surface area contributed by atoms with Crippen LogP contribution in [0.1, 0.15) is 32.6 Å². The maximum absolute atomic E-state index is 9.70. The minimum Gasteiger partial charge on any atom is -0.395 e. The third-order valence-corrected chi connectivity index (χ3v) is 3.11. The van der Waals surface area contributed by atoms with Gasteiger partial charge in [0, 0.05) is 13.0 Å². The second-order valence-corrected chi connectivity index (χ2v) is 4.41. The number of aliphatic hydroxyl groups excluding tert-OH is 3. The first-order valence-corrected chi connectivity index (χ1v) is 5.90. The van der Waals surface area contributed by atoms with Crippen molar-refractivity contribution < 1.29 is 15.3 Å². The zero-order valence-electron chi connectivity index (χ0n) is 9.47. The number of rotatable bonds is 5. The fourth-order valence-corrected chi connectivity index (χ4v) is 2.22. The molecule has 0 aromatic heterocycles. The third-order valence-electron chi connectivity index (χ3n) is 3.11. The monoisotopic (exact) mass is 217 g/mol. The molecule has 0 saturated carbocycles. The molecule has 0 aromatic carbocycles. The molecule has 0 bridgehead atoms. The number of hydrogen-bond acceptors (Lipinski definition) is 4. The number of unbranched alkanes of at least 4 members (excludes halogenated alkanes) is 2. The van der Waals surface area contributed by atoms with E-state index in [-0.39, 0.29) is 12.6 Å². The second-order valence-electron chi connectivity index (χ2n) is 4.41. The molecule has 1 rings (SSSR count). The van der Waals surface area contributed by atoms with E-state index in [1.54, 1.807) is 0 Å². The predicted molar refractivity (Wildman–Crippen MR) is 58.6 cm³/mol. The summed E-state index contributed by atoms with van der Waals surface area (Å²) < 4.78 is 0. The zero-order chi connectivity index (χ0) is 11.3. The lowest BCUT2D eigenvalue weighted by Crippen LogP contribution is -2.55. The van der Waals surface area contributed by atoms with Crippen LogP contribution in [0.3, 0.4) is 0 Å². The van der Waals surface area contributed by atoms with Crippen molar-refractivity contribution >= 4 is 0 Å². The maximum atomic E-state index is 9.70. The molecule has 0 aromatic rings. The first-order valence-electron chi connectivity index (χ1n) is 5.90. The summed E-state index contributed by atoms with van der Waals surface area (Å²) in [5.41, 5.74) is 0. The van der Waals surface area contributed by atoms with Gasteiger partial charge in [0.25, 0.3) is 0 Å². The van der Waals surface area contributed by atoms with Gasteiger partial charge in [-0.2, -0.15) is 0 Å². The van der Waals surface area contributed by atoms with Crippen LogP contribution in [-0.4, -0.2) is 58.2 Å². The Hall–Kier alpha value is -0.160. The first kappa shape index (κ1) is 12.9. The number of aliphatic hydroxyl groups is 3. The van der Waals surface area contributed by atoms with Crippen LogP contribution in [0, 0.1) is 0 Å². The van der Waals surface area contributed by atoms with Gasteiger partial charge >= 0.3 is 0 Å². The lowest BCUT2D eigenvalue weighted by Gasteiger charge is -2.40. The van der Waals surface area contributed by atoms with E-state index in [9.17, 15) is 15.3 Å². The average molecular weight is 217 g/mol. The summed E-state index contributed by atoms with van der Waals surface area (Å²) in [5, 5.41) is 28.4. The minimum atomic E-state index is -0.597. The molecule has 15 heavy (non-hydrogen) atoms. The molecule has 0 amide bonds. The number of β-amino-alcohol motifs (C(OH)–C–C–N with tert-alkyl or cyclic N) is 1. The van der Waals surface area contributed by atoms with Crippen LogP contribution in [-0.2, 0) is 0 Å². The van der Waals surface area contributed by atoms with Crippen molar-refractivity contribution in [1.29, 1.82) is 0 Å². The van der Waals surface area contributed by atoms with E-state index in [1.165, 1.54) is 0 Å². The number of nitrogens with zero attached hydrogens (tertiary/aromatic N) is 1. The minimum absolute atomic E-state index is 0.0278. The Bertz CT molecular complexity index is 177. The lowest BCUT2D eigenvalue weighted by atomic mass is 9.97. The summed E-state index contributed by atoms with van der Waals surface area (Å²) in [6, 6.07) is -0.190. The van der Waals surface area contributed by atoms with Crippen molar-refractivity contribution in [2.75, 3.05) is 19.7 Å². The van der Waals surface area contributed by atoms with Crippen molar-refractivity contribution in [2.24, 2.45) is 0 Å². The standard InChI is InChI=1S/C11H23NO3/c1-2-3-4-5-12-7-9(14)6-11(15)10(12)8-13/h9-11,13-15H,2-8H2,1H3/t9-,10+,11+/m1/s1.